The number of methoxy groups -OCH3 is 1. The van der Waals surface area contributed by atoms with Crippen molar-refractivity contribution in [1.29, 1.82) is 0 Å². The smallest absolute Gasteiger partial charge is 0.407 e. The fourth-order valence-electron chi connectivity index (χ4n) is 2.70. The van der Waals surface area contributed by atoms with Crippen LogP contribution < -0.4 is 11.1 Å². The molecule has 7 nitrogen and oxygen atoms in total. The molecule has 0 aromatic carbocycles. The monoisotopic (exact) mass is 287 g/mol. The summed E-state index contributed by atoms with van der Waals surface area (Å²) >= 11 is 0. The van der Waals surface area contributed by atoms with E-state index in [1.807, 2.05) is 11.8 Å². The molecule has 1 rings (SSSR count). The lowest BCUT2D eigenvalue weighted by atomic mass is 9.89. The minimum atomic E-state index is -0.481. The first-order chi connectivity index (χ1) is 9.44. The molecule has 116 valence electrons. The lowest BCUT2D eigenvalue weighted by molar-refractivity contribution is -0.119. The maximum atomic E-state index is 11.3. The van der Waals surface area contributed by atoms with E-state index < -0.39 is 12.0 Å². The van der Waals surface area contributed by atoms with Crippen LogP contribution in [-0.4, -0.2) is 60.9 Å². The normalized spacial score (nSPS) is 24.9. The van der Waals surface area contributed by atoms with Crippen LogP contribution in [0.5, 0.6) is 0 Å². The summed E-state index contributed by atoms with van der Waals surface area (Å²) in [6, 6.07) is -0.0930. The van der Waals surface area contributed by atoms with E-state index in [2.05, 4.69) is 10.1 Å². The predicted octanol–water partition coefficient (Wildman–Crippen LogP) is -0.321. The van der Waals surface area contributed by atoms with Gasteiger partial charge in [-0.1, -0.05) is 6.92 Å². The van der Waals surface area contributed by atoms with Crippen LogP contribution in [0.3, 0.4) is 0 Å². The number of aliphatic hydroxyl groups excluding tert-OH is 1. The van der Waals surface area contributed by atoms with Gasteiger partial charge in [-0.3, -0.25) is 9.69 Å². The van der Waals surface area contributed by atoms with Gasteiger partial charge in [-0.25, -0.2) is 4.79 Å². The van der Waals surface area contributed by atoms with Crippen molar-refractivity contribution < 1.29 is 19.4 Å². The van der Waals surface area contributed by atoms with Crippen molar-refractivity contribution >= 4 is 12.0 Å². The first-order valence-electron chi connectivity index (χ1n) is 6.97. The van der Waals surface area contributed by atoms with E-state index in [0.717, 1.165) is 6.42 Å². The summed E-state index contributed by atoms with van der Waals surface area (Å²) in [5.74, 6) is -0.168. The van der Waals surface area contributed by atoms with Crippen molar-refractivity contribution in [2.75, 3.05) is 26.7 Å². The third kappa shape index (κ3) is 5.75. The van der Waals surface area contributed by atoms with E-state index in [9.17, 15) is 14.7 Å². The maximum Gasteiger partial charge on any atom is 0.407 e. The second-order valence-corrected chi connectivity index (χ2v) is 5.39. The molecule has 1 fully saturated rings. The molecule has 0 aromatic rings. The van der Waals surface area contributed by atoms with Crippen LogP contribution in [-0.2, 0) is 9.53 Å². The highest BCUT2D eigenvalue weighted by Crippen LogP contribution is 2.22. The topological polar surface area (TPSA) is 105 Å². The zero-order valence-electron chi connectivity index (χ0n) is 12.2. The molecule has 0 radical (unpaired) electrons. The van der Waals surface area contributed by atoms with Crippen molar-refractivity contribution in [2.24, 2.45) is 11.7 Å². The molecule has 4 N–H and O–H groups in total. The van der Waals surface area contributed by atoms with E-state index in [0.29, 0.717) is 25.9 Å². The van der Waals surface area contributed by atoms with Crippen LogP contribution in [0.4, 0.5) is 4.79 Å². The SMILES string of the molecule is CCC(O)CC1CC(NC(=O)OC)CN(CC(N)=O)C1. The van der Waals surface area contributed by atoms with Gasteiger partial charge < -0.3 is 20.9 Å². The Kier molecular flexibility index (Phi) is 6.74. The number of aliphatic hydroxyl groups is 1. The van der Waals surface area contributed by atoms with Crippen LogP contribution >= 0.6 is 0 Å². The Morgan fingerprint density at radius 3 is 2.75 bits per heavy atom. The quantitative estimate of drug-likeness (QED) is 0.621. The molecule has 20 heavy (non-hydrogen) atoms. The number of nitrogens with zero attached hydrogens (tertiary/aromatic N) is 1. The average molecular weight is 287 g/mol. The van der Waals surface area contributed by atoms with Crippen molar-refractivity contribution in [1.82, 2.24) is 10.2 Å². The number of rotatable bonds is 6. The zero-order chi connectivity index (χ0) is 15.1. The zero-order valence-corrected chi connectivity index (χ0v) is 12.2. The minimum absolute atomic E-state index is 0.0930. The molecule has 0 aliphatic carbocycles. The van der Waals surface area contributed by atoms with Gasteiger partial charge in [0.15, 0.2) is 0 Å². The fourth-order valence-corrected chi connectivity index (χ4v) is 2.70. The number of primary amides is 1. The Bertz CT molecular complexity index is 338. The highest BCUT2D eigenvalue weighted by Gasteiger charge is 2.30. The van der Waals surface area contributed by atoms with E-state index >= 15 is 0 Å². The Hall–Kier alpha value is -1.34. The van der Waals surface area contributed by atoms with Gasteiger partial charge in [-0.05, 0) is 25.2 Å². The molecule has 7 heteroatoms. The Balaban J connectivity index is 2.61. The number of hydrogen-bond donors (Lipinski definition) is 3. The summed E-state index contributed by atoms with van der Waals surface area (Å²) in [6.45, 7) is 3.37. The standard InChI is InChI=1S/C13H25N3O4/c1-3-11(17)5-9-4-10(15-13(19)20-2)7-16(6-9)8-12(14)18/h9-11,17H,3-8H2,1-2H3,(H2,14,18)(H,15,19). The van der Waals surface area contributed by atoms with Crippen molar-refractivity contribution in [3.8, 4) is 0 Å². The molecule has 3 atom stereocenters. The van der Waals surface area contributed by atoms with Gasteiger partial charge in [0.2, 0.25) is 5.91 Å². The molecule has 0 saturated carbocycles. The molecule has 1 aliphatic rings. The number of piperidine rings is 1. The van der Waals surface area contributed by atoms with Gasteiger partial charge in [0.1, 0.15) is 0 Å². The molecule has 0 spiro atoms. The minimum Gasteiger partial charge on any atom is -0.453 e. The molecule has 1 heterocycles. The maximum absolute atomic E-state index is 11.3. The number of hydrogen-bond acceptors (Lipinski definition) is 5. The molecular formula is C13H25N3O4. The van der Waals surface area contributed by atoms with Crippen LogP contribution in [0.2, 0.25) is 0 Å². The largest absolute Gasteiger partial charge is 0.453 e. The van der Waals surface area contributed by atoms with E-state index in [4.69, 9.17) is 5.73 Å². The van der Waals surface area contributed by atoms with Gasteiger partial charge >= 0.3 is 6.09 Å². The molecule has 0 bridgehead atoms. The van der Waals surface area contributed by atoms with Gasteiger partial charge in [0.25, 0.3) is 0 Å². The second kappa shape index (κ2) is 8.06. The third-order valence-corrected chi connectivity index (χ3v) is 3.58. The first kappa shape index (κ1) is 16.7. The molecule has 3 unspecified atom stereocenters. The van der Waals surface area contributed by atoms with Gasteiger partial charge in [-0.2, -0.15) is 0 Å². The van der Waals surface area contributed by atoms with Crippen LogP contribution in [0.1, 0.15) is 26.2 Å². The average Bonchev–Trinajstić information content (AvgIpc) is 2.37. The van der Waals surface area contributed by atoms with Crippen LogP contribution in [0.25, 0.3) is 0 Å². The van der Waals surface area contributed by atoms with Gasteiger partial charge in [0, 0.05) is 19.1 Å². The number of carbonyl (C=O) groups excluding carboxylic acids is 2. The summed E-state index contributed by atoms with van der Waals surface area (Å²) in [6.07, 6.45) is 1.28. The number of nitrogens with one attached hydrogen (secondary N) is 1. The van der Waals surface area contributed by atoms with Gasteiger partial charge in [0.05, 0.1) is 19.8 Å². The number of ether oxygens (including phenoxy) is 1. The summed E-state index contributed by atoms with van der Waals surface area (Å²) in [7, 11) is 1.32. The number of carbonyl (C=O) groups is 2. The highest BCUT2D eigenvalue weighted by atomic mass is 16.5. The summed E-state index contributed by atoms with van der Waals surface area (Å²) in [5, 5.41) is 12.5. The second-order valence-electron chi connectivity index (χ2n) is 5.39. The molecule has 1 aliphatic heterocycles. The number of nitrogens with two attached hydrogens (primary N) is 1. The molecule has 2 amide bonds. The van der Waals surface area contributed by atoms with Crippen LogP contribution in [0, 0.1) is 5.92 Å². The van der Waals surface area contributed by atoms with E-state index in [1.165, 1.54) is 7.11 Å². The van der Waals surface area contributed by atoms with E-state index in [1.54, 1.807) is 0 Å². The molecular weight excluding hydrogens is 262 g/mol. The van der Waals surface area contributed by atoms with Crippen molar-refractivity contribution in [2.45, 2.75) is 38.3 Å². The first-order valence-corrected chi connectivity index (χ1v) is 6.97. The molecule has 1 saturated heterocycles. The number of alkyl carbamates (subject to hydrolysis) is 1. The highest BCUT2D eigenvalue weighted by molar-refractivity contribution is 5.76. The Morgan fingerprint density at radius 2 is 2.20 bits per heavy atom. The van der Waals surface area contributed by atoms with Crippen LogP contribution in [0.15, 0.2) is 0 Å². The third-order valence-electron chi connectivity index (χ3n) is 3.58. The lowest BCUT2D eigenvalue weighted by Gasteiger charge is -2.37. The Morgan fingerprint density at radius 1 is 1.50 bits per heavy atom. The molecule has 0 aromatic heterocycles. The lowest BCUT2D eigenvalue weighted by Crippen LogP contribution is -2.52. The van der Waals surface area contributed by atoms with Crippen molar-refractivity contribution in [3.05, 3.63) is 0 Å². The predicted molar refractivity (Wildman–Crippen MR) is 74.0 cm³/mol. The van der Waals surface area contributed by atoms with Crippen molar-refractivity contribution in [3.63, 3.8) is 0 Å². The van der Waals surface area contributed by atoms with E-state index in [-0.39, 0.29) is 24.6 Å². The Labute approximate surface area is 119 Å². The summed E-state index contributed by atoms with van der Waals surface area (Å²) < 4.78 is 4.60. The summed E-state index contributed by atoms with van der Waals surface area (Å²) in [4.78, 5) is 24.3. The fraction of sp³-hybridized carbons (Fsp3) is 0.846. The van der Waals surface area contributed by atoms with Gasteiger partial charge in [-0.15, -0.1) is 0 Å². The number of likely N-dealkylation sites (tertiary alicyclic amines) is 1. The summed E-state index contributed by atoms with van der Waals surface area (Å²) in [5.41, 5.74) is 5.23. The number of amides is 2.